The van der Waals surface area contributed by atoms with Crippen molar-refractivity contribution >= 4 is 33.5 Å². The van der Waals surface area contributed by atoms with Crippen LogP contribution in [0.1, 0.15) is 17.0 Å². The molecule has 194 valence electrons. The Balaban J connectivity index is 1.58. The van der Waals surface area contributed by atoms with Crippen molar-refractivity contribution in [3.8, 4) is 5.69 Å². The second-order valence-electron chi connectivity index (χ2n) is 8.39. The molecule has 11 heteroatoms. The number of rotatable bonds is 9. The highest BCUT2D eigenvalue weighted by atomic mass is 32.2. The van der Waals surface area contributed by atoms with Crippen molar-refractivity contribution in [2.75, 3.05) is 10.8 Å². The van der Waals surface area contributed by atoms with Gasteiger partial charge in [0.2, 0.25) is 0 Å². The average Bonchev–Trinajstić information content (AvgIpc) is 3.20. The number of hydrazone groups is 1. The lowest BCUT2D eigenvalue weighted by Crippen LogP contribution is -2.39. The number of aromatic nitrogens is 1. The molecule has 38 heavy (non-hydrogen) atoms. The minimum atomic E-state index is -4.21. The van der Waals surface area contributed by atoms with Crippen LogP contribution in [0.5, 0.6) is 0 Å². The normalized spacial score (nSPS) is 11.4. The number of benzene rings is 3. The number of anilines is 1. The summed E-state index contributed by atoms with van der Waals surface area (Å²) >= 11 is 0. The Morgan fingerprint density at radius 2 is 1.66 bits per heavy atom. The number of nitro groups is 1. The van der Waals surface area contributed by atoms with Gasteiger partial charge in [-0.15, -0.1) is 0 Å². The van der Waals surface area contributed by atoms with Crippen molar-refractivity contribution < 1.29 is 18.1 Å². The van der Waals surface area contributed by atoms with Gasteiger partial charge in [-0.3, -0.25) is 19.2 Å². The van der Waals surface area contributed by atoms with Crippen molar-refractivity contribution in [1.82, 2.24) is 9.99 Å². The monoisotopic (exact) mass is 531 g/mol. The van der Waals surface area contributed by atoms with Crippen molar-refractivity contribution in [3.05, 3.63) is 118 Å². The van der Waals surface area contributed by atoms with E-state index < -0.39 is 27.4 Å². The third-order valence-corrected chi connectivity index (χ3v) is 7.61. The highest BCUT2D eigenvalue weighted by Gasteiger charge is 2.28. The predicted octanol–water partition coefficient (Wildman–Crippen LogP) is 4.35. The molecule has 10 nitrogen and oxygen atoms in total. The van der Waals surface area contributed by atoms with Gasteiger partial charge in [-0.25, -0.2) is 13.8 Å². The molecule has 0 radical (unpaired) electrons. The van der Waals surface area contributed by atoms with Crippen LogP contribution in [-0.4, -0.2) is 36.6 Å². The summed E-state index contributed by atoms with van der Waals surface area (Å²) in [6.07, 6.45) is 1.49. The lowest BCUT2D eigenvalue weighted by Gasteiger charge is -2.23. The molecule has 0 aliphatic heterocycles. The Bertz CT molecular complexity index is 1600. The van der Waals surface area contributed by atoms with Gasteiger partial charge in [0.05, 0.1) is 21.7 Å². The summed E-state index contributed by atoms with van der Waals surface area (Å²) in [4.78, 5) is 23.4. The summed E-state index contributed by atoms with van der Waals surface area (Å²) < 4.78 is 29.7. The van der Waals surface area contributed by atoms with Gasteiger partial charge in [-0.2, -0.15) is 5.10 Å². The van der Waals surface area contributed by atoms with Gasteiger partial charge in [0.15, 0.2) is 0 Å². The van der Waals surface area contributed by atoms with E-state index in [0.29, 0.717) is 0 Å². The van der Waals surface area contributed by atoms with Crippen LogP contribution in [0.2, 0.25) is 0 Å². The van der Waals surface area contributed by atoms with Crippen LogP contribution in [0.25, 0.3) is 5.69 Å². The fraction of sp³-hybridized carbons (Fsp3) is 0.111. The average molecular weight is 532 g/mol. The molecule has 0 fully saturated rings. The number of amides is 1. The van der Waals surface area contributed by atoms with Crippen LogP contribution >= 0.6 is 0 Å². The molecule has 0 aliphatic rings. The van der Waals surface area contributed by atoms with Crippen LogP contribution in [0.4, 0.5) is 11.4 Å². The molecule has 1 heterocycles. The van der Waals surface area contributed by atoms with Crippen molar-refractivity contribution in [2.24, 2.45) is 5.10 Å². The van der Waals surface area contributed by atoms with Crippen molar-refractivity contribution in [1.29, 1.82) is 0 Å². The third-order valence-electron chi connectivity index (χ3n) is 5.82. The molecule has 0 atom stereocenters. The van der Waals surface area contributed by atoms with E-state index in [1.54, 1.807) is 18.2 Å². The number of para-hydroxylation sites is 1. The quantitative estimate of drug-likeness (QED) is 0.195. The van der Waals surface area contributed by atoms with Crippen LogP contribution in [0.15, 0.2) is 101 Å². The second-order valence-corrected chi connectivity index (χ2v) is 10.3. The van der Waals surface area contributed by atoms with E-state index in [-0.39, 0.29) is 16.3 Å². The number of aryl methyl sites for hydroxylation is 1. The number of hydrogen-bond donors (Lipinski definition) is 1. The maximum atomic E-state index is 13.4. The standard InChI is InChI=1S/C27H25N5O5S/c1-20-16-22(21(2)31(20)23-10-5-3-6-11-23)18-28-29-27(33)19-30(24-12-9-13-25(17-24)32(34)35)38(36,37)26-14-7-4-8-15-26/h3-18H,19H2,1-2H3,(H,29,33)/b28-18-. The molecule has 1 N–H and O–H groups in total. The van der Waals surface area contributed by atoms with Crippen LogP contribution in [0.3, 0.4) is 0 Å². The van der Waals surface area contributed by atoms with E-state index in [0.717, 1.165) is 33.0 Å². The summed E-state index contributed by atoms with van der Waals surface area (Å²) in [5.74, 6) is -0.718. The Labute approximate surface area is 220 Å². The van der Waals surface area contributed by atoms with Crippen molar-refractivity contribution in [2.45, 2.75) is 18.7 Å². The number of nitrogens with zero attached hydrogens (tertiary/aromatic N) is 4. The number of sulfonamides is 1. The minimum Gasteiger partial charge on any atom is -0.318 e. The van der Waals surface area contributed by atoms with Crippen LogP contribution in [-0.2, 0) is 14.8 Å². The van der Waals surface area contributed by atoms with Gasteiger partial charge in [-0.1, -0.05) is 42.5 Å². The van der Waals surface area contributed by atoms with Gasteiger partial charge in [-0.05, 0) is 50.2 Å². The zero-order valence-corrected chi connectivity index (χ0v) is 21.5. The van der Waals surface area contributed by atoms with Crippen molar-refractivity contribution in [3.63, 3.8) is 0 Å². The fourth-order valence-electron chi connectivity index (χ4n) is 4.03. The summed E-state index contributed by atoms with van der Waals surface area (Å²) in [7, 11) is -4.21. The summed E-state index contributed by atoms with van der Waals surface area (Å²) in [5.41, 5.74) is 5.71. The predicted molar refractivity (Wildman–Crippen MR) is 145 cm³/mol. The van der Waals surface area contributed by atoms with E-state index >= 15 is 0 Å². The van der Waals surface area contributed by atoms with Crippen LogP contribution in [0, 0.1) is 24.0 Å². The Morgan fingerprint density at radius 1 is 1.00 bits per heavy atom. The molecular weight excluding hydrogens is 506 g/mol. The van der Waals surface area contributed by atoms with Gasteiger partial charge >= 0.3 is 0 Å². The summed E-state index contributed by atoms with van der Waals surface area (Å²) in [5, 5.41) is 15.3. The number of non-ortho nitro benzene ring substituents is 1. The molecule has 0 bridgehead atoms. The Hall–Kier alpha value is -4.77. The zero-order chi connectivity index (χ0) is 27.3. The lowest BCUT2D eigenvalue weighted by atomic mass is 10.2. The highest BCUT2D eigenvalue weighted by Crippen LogP contribution is 2.27. The number of hydrogen-bond acceptors (Lipinski definition) is 6. The molecule has 1 amide bonds. The first-order valence-corrected chi connectivity index (χ1v) is 13.0. The van der Waals surface area contributed by atoms with E-state index in [9.17, 15) is 23.3 Å². The summed E-state index contributed by atoms with van der Waals surface area (Å²) in [6.45, 7) is 3.25. The van der Waals surface area contributed by atoms with Crippen LogP contribution < -0.4 is 9.73 Å². The van der Waals surface area contributed by atoms with Gasteiger partial charge < -0.3 is 4.57 Å². The molecule has 0 spiro atoms. The first kappa shape index (κ1) is 26.3. The molecule has 0 saturated heterocycles. The molecule has 4 rings (SSSR count). The highest BCUT2D eigenvalue weighted by molar-refractivity contribution is 7.92. The lowest BCUT2D eigenvalue weighted by molar-refractivity contribution is -0.384. The SMILES string of the molecule is Cc1cc(/C=N\NC(=O)CN(c2cccc([N+](=O)[O-])c2)S(=O)(=O)c2ccccc2)c(C)n1-c1ccccc1. The number of carbonyl (C=O) groups excluding carboxylic acids is 1. The molecule has 3 aromatic carbocycles. The van der Waals surface area contributed by atoms with E-state index in [1.165, 1.54) is 36.5 Å². The largest absolute Gasteiger partial charge is 0.318 e. The maximum absolute atomic E-state index is 13.4. The molecule has 1 aromatic heterocycles. The first-order valence-electron chi connectivity index (χ1n) is 11.6. The van der Waals surface area contributed by atoms with E-state index in [4.69, 9.17) is 0 Å². The number of carbonyl (C=O) groups is 1. The van der Waals surface area contributed by atoms with E-state index in [2.05, 4.69) is 15.1 Å². The molecule has 4 aromatic rings. The molecular formula is C27H25N5O5S. The second kappa shape index (κ2) is 11.1. The minimum absolute atomic E-state index is 0.0198. The smallest absolute Gasteiger partial charge is 0.271 e. The zero-order valence-electron chi connectivity index (χ0n) is 20.7. The maximum Gasteiger partial charge on any atom is 0.271 e. The third kappa shape index (κ3) is 5.62. The fourth-order valence-corrected chi connectivity index (χ4v) is 5.46. The number of nitrogens with one attached hydrogen (secondary N) is 1. The Morgan fingerprint density at radius 3 is 2.32 bits per heavy atom. The number of nitro benzene ring substituents is 1. The first-order chi connectivity index (χ1) is 18.2. The Kier molecular flexibility index (Phi) is 7.68. The van der Waals surface area contributed by atoms with Gasteiger partial charge in [0.1, 0.15) is 6.54 Å². The van der Waals surface area contributed by atoms with Gasteiger partial charge in [0.25, 0.3) is 21.6 Å². The molecule has 0 unspecified atom stereocenters. The topological polar surface area (TPSA) is 127 Å². The van der Waals surface area contributed by atoms with E-state index in [1.807, 2.05) is 50.2 Å². The molecule has 0 aliphatic carbocycles. The summed E-state index contributed by atoms with van der Waals surface area (Å²) in [6, 6.07) is 24.4. The van der Waals surface area contributed by atoms with Gasteiger partial charge in [0, 0.05) is 34.8 Å². The molecule has 0 saturated carbocycles.